The molecule has 5 heteroatoms. The molecule has 0 fully saturated rings. The largest absolute Gasteiger partial charge is 0.393 e. The zero-order valence-electron chi connectivity index (χ0n) is 15.9. The molecule has 0 saturated carbocycles. The SMILES string of the molecule is C=C(C)C(=O)CC(CCC)C(=O)OC(=O)C(CCC)CC(=O)C(=C)C. The third-order valence-electron chi connectivity index (χ3n) is 3.96. The number of ketones is 2. The van der Waals surface area contributed by atoms with Gasteiger partial charge in [0.1, 0.15) is 0 Å². The molecular weight excluding hydrogens is 320 g/mol. The molecule has 0 aliphatic rings. The van der Waals surface area contributed by atoms with E-state index in [1.807, 2.05) is 13.8 Å². The zero-order valence-corrected chi connectivity index (χ0v) is 15.9. The lowest BCUT2D eigenvalue weighted by Crippen LogP contribution is -2.28. The smallest absolute Gasteiger partial charge is 0.317 e. The Kier molecular flexibility index (Phi) is 10.6. The standard InChI is InChI=1S/C20H30O5/c1-7-9-15(11-17(21)13(3)4)19(23)25-20(24)16(10-8-2)12-18(22)14(5)6/h15-16H,3,5,7-12H2,1-2,4,6H3. The van der Waals surface area contributed by atoms with Crippen molar-refractivity contribution in [1.82, 2.24) is 0 Å². The van der Waals surface area contributed by atoms with Gasteiger partial charge in [-0.05, 0) is 37.8 Å². The van der Waals surface area contributed by atoms with E-state index >= 15 is 0 Å². The Morgan fingerprint density at radius 1 is 0.760 bits per heavy atom. The molecule has 2 unspecified atom stereocenters. The van der Waals surface area contributed by atoms with Gasteiger partial charge in [-0.3, -0.25) is 19.2 Å². The molecular formula is C20H30O5. The van der Waals surface area contributed by atoms with E-state index in [9.17, 15) is 19.2 Å². The number of hydrogen-bond donors (Lipinski definition) is 0. The summed E-state index contributed by atoms with van der Waals surface area (Å²) >= 11 is 0. The molecule has 5 nitrogen and oxygen atoms in total. The van der Waals surface area contributed by atoms with Crippen LogP contribution in [0.25, 0.3) is 0 Å². The van der Waals surface area contributed by atoms with Crippen molar-refractivity contribution in [2.24, 2.45) is 11.8 Å². The van der Waals surface area contributed by atoms with Crippen molar-refractivity contribution >= 4 is 23.5 Å². The third kappa shape index (κ3) is 8.57. The summed E-state index contributed by atoms with van der Waals surface area (Å²) in [6.45, 7) is 14.1. The summed E-state index contributed by atoms with van der Waals surface area (Å²) in [5, 5.41) is 0. The van der Waals surface area contributed by atoms with Crippen LogP contribution in [0.5, 0.6) is 0 Å². The summed E-state index contributed by atoms with van der Waals surface area (Å²) in [5.74, 6) is -3.18. The maximum atomic E-state index is 12.3. The minimum Gasteiger partial charge on any atom is -0.393 e. The number of esters is 2. The fraction of sp³-hybridized carbons (Fsp3) is 0.600. The first-order chi connectivity index (χ1) is 11.6. The monoisotopic (exact) mass is 350 g/mol. The Bertz CT molecular complexity index is 496. The van der Waals surface area contributed by atoms with Crippen molar-refractivity contribution in [2.45, 2.75) is 66.2 Å². The molecule has 0 aromatic rings. The lowest BCUT2D eigenvalue weighted by atomic mass is 9.94. The predicted molar refractivity (Wildman–Crippen MR) is 96.8 cm³/mol. The van der Waals surface area contributed by atoms with Gasteiger partial charge in [-0.25, -0.2) is 0 Å². The Labute approximate surface area is 150 Å². The number of allylic oxidation sites excluding steroid dienone is 2. The minimum absolute atomic E-state index is 0.0154. The maximum Gasteiger partial charge on any atom is 0.317 e. The van der Waals surface area contributed by atoms with Crippen LogP contribution in [0.2, 0.25) is 0 Å². The van der Waals surface area contributed by atoms with Gasteiger partial charge in [0, 0.05) is 12.8 Å². The van der Waals surface area contributed by atoms with Crippen molar-refractivity contribution in [3.8, 4) is 0 Å². The number of Topliss-reactive ketones (excluding diaryl/α,β-unsaturated/α-hetero) is 2. The highest BCUT2D eigenvalue weighted by molar-refractivity contribution is 5.99. The van der Waals surface area contributed by atoms with E-state index in [1.165, 1.54) is 0 Å². The van der Waals surface area contributed by atoms with Gasteiger partial charge in [-0.1, -0.05) is 39.8 Å². The first-order valence-electron chi connectivity index (χ1n) is 8.76. The molecule has 0 aromatic heterocycles. The number of carbonyl (C=O) groups excluding carboxylic acids is 4. The fourth-order valence-electron chi connectivity index (χ4n) is 2.37. The topological polar surface area (TPSA) is 77.5 Å². The lowest BCUT2D eigenvalue weighted by molar-refractivity contribution is -0.167. The van der Waals surface area contributed by atoms with Crippen molar-refractivity contribution in [3.63, 3.8) is 0 Å². The molecule has 140 valence electrons. The second-order valence-corrected chi connectivity index (χ2v) is 6.53. The molecule has 0 aromatic carbocycles. The van der Waals surface area contributed by atoms with E-state index in [0.29, 0.717) is 36.8 Å². The van der Waals surface area contributed by atoms with E-state index in [4.69, 9.17) is 4.74 Å². The Morgan fingerprint density at radius 2 is 1.08 bits per heavy atom. The first-order valence-corrected chi connectivity index (χ1v) is 8.76. The van der Waals surface area contributed by atoms with Crippen molar-refractivity contribution < 1.29 is 23.9 Å². The fourth-order valence-corrected chi connectivity index (χ4v) is 2.37. The molecule has 0 saturated heterocycles. The average molecular weight is 350 g/mol. The van der Waals surface area contributed by atoms with E-state index in [-0.39, 0.29) is 24.4 Å². The normalized spacial score (nSPS) is 12.8. The Morgan fingerprint density at radius 3 is 1.32 bits per heavy atom. The quantitative estimate of drug-likeness (QED) is 0.302. The van der Waals surface area contributed by atoms with Gasteiger partial charge in [0.05, 0.1) is 11.8 Å². The summed E-state index contributed by atoms with van der Waals surface area (Å²) in [7, 11) is 0. The van der Waals surface area contributed by atoms with Crippen molar-refractivity contribution in [3.05, 3.63) is 24.3 Å². The Hall–Kier alpha value is -2.04. The molecule has 0 heterocycles. The number of hydrogen-bond acceptors (Lipinski definition) is 5. The summed E-state index contributed by atoms with van der Waals surface area (Å²) < 4.78 is 5.00. The molecule has 0 rings (SSSR count). The van der Waals surface area contributed by atoms with Gasteiger partial charge in [0.25, 0.3) is 0 Å². The second-order valence-electron chi connectivity index (χ2n) is 6.53. The molecule has 25 heavy (non-hydrogen) atoms. The van der Waals surface area contributed by atoms with Gasteiger partial charge in [0.15, 0.2) is 11.6 Å². The molecule has 0 amide bonds. The van der Waals surface area contributed by atoms with E-state index in [0.717, 1.165) is 0 Å². The summed E-state index contributed by atoms with van der Waals surface area (Å²) in [5.41, 5.74) is 0.743. The van der Waals surface area contributed by atoms with Crippen LogP contribution in [0.1, 0.15) is 66.2 Å². The molecule has 0 radical (unpaired) electrons. The van der Waals surface area contributed by atoms with Crippen LogP contribution in [0.4, 0.5) is 0 Å². The van der Waals surface area contributed by atoms with E-state index in [1.54, 1.807) is 13.8 Å². The molecule has 0 aliphatic carbocycles. The highest BCUT2D eigenvalue weighted by Crippen LogP contribution is 2.20. The first kappa shape index (κ1) is 23.0. The third-order valence-corrected chi connectivity index (χ3v) is 3.96. The van der Waals surface area contributed by atoms with Crippen molar-refractivity contribution in [1.29, 1.82) is 0 Å². The van der Waals surface area contributed by atoms with Crippen LogP contribution in [0.3, 0.4) is 0 Å². The number of rotatable bonds is 12. The summed E-state index contributed by atoms with van der Waals surface area (Å²) in [6, 6.07) is 0. The van der Waals surface area contributed by atoms with Crippen LogP contribution in [-0.4, -0.2) is 23.5 Å². The molecule has 0 spiro atoms. The van der Waals surface area contributed by atoms with Gasteiger partial charge in [-0.2, -0.15) is 0 Å². The lowest BCUT2D eigenvalue weighted by Gasteiger charge is -2.17. The molecule has 0 bridgehead atoms. The zero-order chi connectivity index (χ0) is 19.6. The van der Waals surface area contributed by atoms with Crippen LogP contribution < -0.4 is 0 Å². The van der Waals surface area contributed by atoms with Crippen molar-refractivity contribution in [2.75, 3.05) is 0 Å². The second kappa shape index (κ2) is 11.5. The van der Waals surface area contributed by atoms with Crippen LogP contribution in [0, 0.1) is 11.8 Å². The van der Waals surface area contributed by atoms with Crippen LogP contribution in [-0.2, 0) is 23.9 Å². The van der Waals surface area contributed by atoms with Gasteiger partial charge < -0.3 is 4.74 Å². The van der Waals surface area contributed by atoms with Gasteiger partial charge in [-0.15, -0.1) is 0 Å². The van der Waals surface area contributed by atoms with Crippen LogP contribution >= 0.6 is 0 Å². The molecule has 0 N–H and O–H groups in total. The average Bonchev–Trinajstić information content (AvgIpc) is 2.53. The van der Waals surface area contributed by atoms with Gasteiger partial charge in [0.2, 0.25) is 0 Å². The van der Waals surface area contributed by atoms with Crippen LogP contribution in [0.15, 0.2) is 24.3 Å². The summed E-state index contributed by atoms with van der Waals surface area (Å²) in [6.07, 6.45) is 2.24. The number of carbonyl (C=O) groups is 4. The number of ether oxygens (including phenoxy) is 1. The summed E-state index contributed by atoms with van der Waals surface area (Å²) in [4.78, 5) is 48.3. The maximum absolute atomic E-state index is 12.3. The highest BCUT2D eigenvalue weighted by Gasteiger charge is 2.29. The highest BCUT2D eigenvalue weighted by atomic mass is 16.6. The van der Waals surface area contributed by atoms with E-state index < -0.39 is 23.8 Å². The minimum atomic E-state index is -0.703. The Balaban J connectivity index is 5.00. The molecule has 2 atom stereocenters. The van der Waals surface area contributed by atoms with E-state index in [2.05, 4.69) is 13.2 Å². The molecule has 0 aliphatic heterocycles. The predicted octanol–water partition coefficient (Wildman–Crippen LogP) is 3.96. The van der Waals surface area contributed by atoms with Gasteiger partial charge >= 0.3 is 11.9 Å².